The molecule has 28 heavy (non-hydrogen) atoms. The number of nitro groups is 1. The van der Waals surface area contributed by atoms with E-state index in [-0.39, 0.29) is 22.6 Å². The molecule has 2 fully saturated rings. The molecule has 1 aromatic rings. The van der Waals surface area contributed by atoms with Crippen LogP contribution in [0.25, 0.3) is 0 Å². The predicted octanol–water partition coefficient (Wildman–Crippen LogP) is 3.55. The number of amides is 1. The molecule has 154 valence electrons. The zero-order chi connectivity index (χ0) is 20.3. The van der Waals surface area contributed by atoms with Crippen molar-refractivity contribution in [1.82, 2.24) is 9.80 Å². The molecule has 1 amide bonds. The molecule has 3 rings (SSSR count). The lowest BCUT2D eigenvalue weighted by molar-refractivity contribution is -0.384. The van der Waals surface area contributed by atoms with Crippen molar-refractivity contribution in [1.29, 1.82) is 0 Å². The van der Waals surface area contributed by atoms with Crippen LogP contribution in [-0.2, 0) is 4.79 Å². The summed E-state index contributed by atoms with van der Waals surface area (Å²) < 4.78 is 0. The Morgan fingerprint density at radius 2 is 1.96 bits per heavy atom. The number of piperazine rings is 1. The van der Waals surface area contributed by atoms with Gasteiger partial charge in [-0.05, 0) is 44.7 Å². The molecule has 0 radical (unpaired) electrons. The second-order valence-electron chi connectivity index (χ2n) is 7.68. The van der Waals surface area contributed by atoms with Gasteiger partial charge in [0.2, 0.25) is 5.91 Å². The van der Waals surface area contributed by atoms with Crippen LogP contribution in [0, 0.1) is 10.1 Å². The Morgan fingerprint density at radius 1 is 1.25 bits per heavy atom. The van der Waals surface area contributed by atoms with Crippen LogP contribution in [0.4, 0.5) is 11.4 Å². The molecule has 0 aromatic heterocycles. The summed E-state index contributed by atoms with van der Waals surface area (Å²) >= 11 is 5.92. The van der Waals surface area contributed by atoms with Crippen molar-refractivity contribution in [2.24, 2.45) is 0 Å². The molecule has 2 saturated heterocycles. The van der Waals surface area contributed by atoms with Crippen LogP contribution in [0.1, 0.15) is 39.5 Å². The number of carbonyl (C=O) groups is 1. The molecule has 0 N–H and O–H groups in total. The molecule has 0 saturated carbocycles. The van der Waals surface area contributed by atoms with Crippen LogP contribution in [-0.4, -0.2) is 65.4 Å². The first kappa shape index (κ1) is 20.9. The summed E-state index contributed by atoms with van der Waals surface area (Å²) in [5.74, 6) is 0.220. The largest absolute Gasteiger partial charge is 0.363 e. The second-order valence-corrected chi connectivity index (χ2v) is 8.12. The third kappa shape index (κ3) is 4.41. The van der Waals surface area contributed by atoms with Crippen LogP contribution in [0.3, 0.4) is 0 Å². The van der Waals surface area contributed by atoms with Crippen molar-refractivity contribution in [2.75, 3.05) is 37.6 Å². The van der Waals surface area contributed by atoms with Gasteiger partial charge in [-0.15, -0.1) is 0 Å². The lowest BCUT2D eigenvalue weighted by Crippen LogP contribution is -2.56. The number of anilines is 1. The fourth-order valence-corrected chi connectivity index (χ4v) is 4.54. The Kier molecular flexibility index (Phi) is 6.78. The minimum absolute atomic E-state index is 0.0316. The van der Waals surface area contributed by atoms with Gasteiger partial charge in [0.15, 0.2) is 0 Å². The average molecular weight is 409 g/mol. The smallest absolute Gasteiger partial charge is 0.294 e. The first-order valence-corrected chi connectivity index (χ1v) is 10.5. The number of hydrogen-bond acceptors (Lipinski definition) is 5. The van der Waals surface area contributed by atoms with Crippen molar-refractivity contribution in [3.05, 3.63) is 33.3 Å². The van der Waals surface area contributed by atoms with Crippen molar-refractivity contribution in [3.8, 4) is 0 Å². The van der Waals surface area contributed by atoms with Crippen LogP contribution in [0.2, 0.25) is 5.02 Å². The van der Waals surface area contributed by atoms with E-state index in [0.717, 1.165) is 25.8 Å². The SMILES string of the molecule is CC[C@@H]1CCCCN1C(=O)[C@H](C)N1CCN(c2ccc(Cl)cc2[N+](=O)[O-])CC1. The van der Waals surface area contributed by atoms with E-state index in [1.54, 1.807) is 12.1 Å². The minimum Gasteiger partial charge on any atom is -0.363 e. The highest BCUT2D eigenvalue weighted by atomic mass is 35.5. The van der Waals surface area contributed by atoms with E-state index >= 15 is 0 Å². The number of rotatable bonds is 5. The molecule has 2 aliphatic rings. The normalized spacial score (nSPS) is 22.2. The maximum absolute atomic E-state index is 13.1. The molecule has 7 nitrogen and oxygen atoms in total. The predicted molar refractivity (Wildman–Crippen MR) is 111 cm³/mol. The van der Waals surface area contributed by atoms with E-state index in [9.17, 15) is 14.9 Å². The highest BCUT2D eigenvalue weighted by Crippen LogP contribution is 2.32. The van der Waals surface area contributed by atoms with E-state index in [1.165, 1.54) is 12.5 Å². The Hall–Kier alpha value is -1.86. The summed E-state index contributed by atoms with van der Waals surface area (Å²) in [6.45, 7) is 7.71. The first-order valence-electron chi connectivity index (χ1n) is 10.2. The summed E-state index contributed by atoms with van der Waals surface area (Å²) in [7, 11) is 0. The summed E-state index contributed by atoms with van der Waals surface area (Å²) in [4.78, 5) is 30.3. The quantitative estimate of drug-likeness (QED) is 0.550. The molecule has 2 aliphatic heterocycles. The zero-order valence-corrected chi connectivity index (χ0v) is 17.4. The molecule has 0 aliphatic carbocycles. The summed E-state index contributed by atoms with van der Waals surface area (Å²) in [6.07, 6.45) is 4.40. The van der Waals surface area contributed by atoms with Gasteiger partial charge in [-0.25, -0.2) is 0 Å². The lowest BCUT2D eigenvalue weighted by Gasteiger charge is -2.42. The number of carbonyl (C=O) groups excluding carboxylic acids is 1. The van der Waals surface area contributed by atoms with Gasteiger partial charge >= 0.3 is 0 Å². The molecule has 1 aromatic carbocycles. The van der Waals surface area contributed by atoms with E-state index < -0.39 is 0 Å². The lowest BCUT2D eigenvalue weighted by atomic mass is 9.99. The van der Waals surface area contributed by atoms with Gasteiger partial charge in [-0.1, -0.05) is 18.5 Å². The minimum atomic E-state index is -0.388. The molecule has 8 heteroatoms. The van der Waals surface area contributed by atoms with Crippen molar-refractivity contribution in [3.63, 3.8) is 0 Å². The van der Waals surface area contributed by atoms with E-state index in [4.69, 9.17) is 11.6 Å². The zero-order valence-electron chi connectivity index (χ0n) is 16.6. The number of likely N-dealkylation sites (tertiary alicyclic amines) is 1. The molecule has 0 unspecified atom stereocenters. The van der Waals surface area contributed by atoms with Gasteiger partial charge in [0.25, 0.3) is 5.69 Å². The number of benzene rings is 1. The van der Waals surface area contributed by atoms with Crippen LogP contribution >= 0.6 is 11.6 Å². The van der Waals surface area contributed by atoms with Gasteiger partial charge in [0.05, 0.1) is 11.0 Å². The Balaban J connectivity index is 1.64. The fourth-order valence-electron chi connectivity index (χ4n) is 4.37. The molecule has 0 bridgehead atoms. The molecular weight excluding hydrogens is 380 g/mol. The molecular formula is C20H29ClN4O3. The summed E-state index contributed by atoms with van der Waals surface area (Å²) in [6, 6.07) is 5.00. The first-order chi connectivity index (χ1) is 13.4. The van der Waals surface area contributed by atoms with E-state index in [2.05, 4.69) is 16.7 Å². The monoisotopic (exact) mass is 408 g/mol. The van der Waals surface area contributed by atoms with Gasteiger partial charge < -0.3 is 9.80 Å². The van der Waals surface area contributed by atoms with Gasteiger partial charge in [0.1, 0.15) is 5.69 Å². The summed E-state index contributed by atoms with van der Waals surface area (Å²) in [5.41, 5.74) is 0.624. The summed E-state index contributed by atoms with van der Waals surface area (Å²) in [5, 5.41) is 11.7. The van der Waals surface area contributed by atoms with Crippen molar-refractivity contribution >= 4 is 28.9 Å². The van der Waals surface area contributed by atoms with Gasteiger partial charge in [-0.2, -0.15) is 0 Å². The highest BCUT2D eigenvalue weighted by Gasteiger charge is 2.33. The third-order valence-electron chi connectivity index (χ3n) is 6.08. The van der Waals surface area contributed by atoms with Gasteiger partial charge in [0, 0.05) is 49.9 Å². The number of nitrogens with zero attached hydrogens (tertiary/aromatic N) is 4. The number of nitro benzene ring substituents is 1. The van der Waals surface area contributed by atoms with Crippen molar-refractivity contribution < 1.29 is 9.72 Å². The topological polar surface area (TPSA) is 69.9 Å². The maximum atomic E-state index is 13.1. The second kappa shape index (κ2) is 9.09. The number of halogens is 1. The van der Waals surface area contributed by atoms with E-state index in [1.807, 2.05) is 11.8 Å². The highest BCUT2D eigenvalue weighted by molar-refractivity contribution is 6.30. The maximum Gasteiger partial charge on any atom is 0.294 e. The number of piperidine rings is 1. The molecule has 2 heterocycles. The number of hydrogen-bond donors (Lipinski definition) is 0. The van der Waals surface area contributed by atoms with E-state index in [0.29, 0.717) is 42.9 Å². The molecule has 0 spiro atoms. The van der Waals surface area contributed by atoms with Crippen LogP contribution in [0.5, 0.6) is 0 Å². The Morgan fingerprint density at radius 3 is 2.61 bits per heavy atom. The Labute approximate surface area is 171 Å². The third-order valence-corrected chi connectivity index (χ3v) is 6.31. The standard InChI is InChI=1S/C20H29ClN4O3/c1-3-17-6-4-5-9-24(17)20(26)15(2)22-10-12-23(13-11-22)18-8-7-16(21)14-19(18)25(27)28/h7-8,14-15,17H,3-6,9-13H2,1-2H3/t15-,17+/m0/s1. The van der Waals surface area contributed by atoms with Gasteiger partial charge in [-0.3, -0.25) is 19.8 Å². The van der Waals surface area contributed by atoms with Crippen LogP contribution < -0.4 is 4.90 Å². The Bertz CT molecular complexity index is 721. The molecule has 2 atom stereocenters. The average Bonchev–Trinajstić information content (AvgIpc) is 2.72. The van der Waals surface area contributed by atoms with Crippen LogP contribution in [0.15, 0.2) is 18.2 Å². The van der Waals surface area contributed by atoms with Crippen molar-refractivity contribution in [2.45, 2.75) is 51.6 Å². The fraction of sp³-hybridized carbons (Fsp3) is 0.650.